The number of hydrogen-bond donors (Lipinski definition) is 1. The second-order valence-corrected chi connectivity index (χ2v) is 4.09. The molecule has 84 valence electrons. The summed E-state index contributed by atoms with van der Waals surface area (Å²) in [7, 11) is 0. The highest BCUT2D eigenvalue weighted by Gasteiger charge is 2.06. The van der Waals surface area contributed by atoms with Crippen molar-refractivity contribution in [3.05, 3.63) is 23.2 Å². The Kier molecular flexibility index (Phi) is 4.76. The molecular formula is C12H18ClNO. The molecule has 1 aromatic carbocycles. The molecular weight excluding hydrogens is 210 g/mol. The fourth-order valence-corrected chi connectivity index (χ4v) is 1.61. The molecule has 0 fully saturated rings. The van der Waals surface area contributed by atoms with Crippen LogP contribution in [0.3, 0.4) is 0 Å². The standard InChI is InChI=1S/C12H18ClNO/c1-3-9(4-2)8-15-12-6-5-10(14)7-11(12)13/h5-7,9H,3-4,8,14H2,1-2H3. The molecule has 2 N–H and O–H groups in total. The molecule has 1 rings (SSSR count). The number of anilines is 1. The first-order valence-corrected chi connectivity index (χ1v) is 5.73. The summed E-state index contributed by atoms with van der Waals surface area (Å²) in [5, 5.41) is 0.584. The zero-order valence-corrected chi connectivity index (χ0v) is 10.1. The van der Waals surface area contributed by atoms with E-state index in [9.17, 15) is 0 Å². The van der Waals surface area contributed by atoms with Gasteiger partial charge in [-0.25, -0.2) is 0 Å². The van der Waals surface area contributed by atoms with E-state index < -0.39 is 0 Å². The van der Waals surface area contributed by atoms with E-state index in [0.29, 0.717) is 16.6 Å². The number of benzene rings is 1. The van der Waals surface area contributed by atoms with Gasteiger partial charge in [-0.05, 0) is 24.1 Å². The summed E-state index contributed by atoms with van der Waals surface area (Å²) in [5.41, 5.74) is 6.26. The molecule has 0 spiro atoms. The van der Waals surface area contributed by atoms with E-state index in [0.717, 1.165) is 25.2 Å². The van der Waals surface area contributed by atoms with Gasteiger partial charge in [0.2, 0.25) is 0 Å². The second kappa shape index (κ2) is 5.86. The molecule has 0 bridgehead atoms. The van der Waals surface area contributed by atoms with Crippen LogP contribution in [0.25, 0.3) is 0 Å². The second-order valence-electron chi connectivity index (χ2n) is 3.68. The van der Waals surface area contributed by atoms with Gasteiger partial charge < -0.3 is 10.5 Å². The van der Waals surface area contributed by atoms with Gasteiger partial charge in [-0.2, -0.15) is 0 Å². The molecule has 2 nitrogen and oxygen atoms in total. The van der Waals surface area contributed by atoms with E-state index in [1.54, 1.807) is 12.1 Å². The van der Waals surface area contributed by atoms with Crippen molar-refractivity contribution in [2.75, 3.05) is 12.3 Å². The number of hydrogen-bond acceptors (Lipinski definition) is 2. The molecule has 0 aliphatic heterocycles. The highest BCUT2D eigenvalue weighted by atomic mass is 35.5. The zero-order chi connectivity index (χ0) is 11.3. The van der Waals surface area contributed by atoms with E-state index in [1.165, 1.54) is 0 Å². The van der Waals surface area contributed by atoms with E-state index in [4.69, 9.17) is 22.1 Å². The lowest BCUT2D eigenvalue weighted by molar-refractivity contribution is 0.241. The fraction of sp³-hybridized carbons (Fsp3) is 0.500. The maximum atomic E-state index is 5.99. The summed E-state index contributed by atoms with van der Waals surface area (Å²) < 4.78 is 5.65. The third-order valence-corrected chi connectivity index (χ3v) is 2.88. The van der Waals surface area contributed by atoms with Crippen molar-refractivity contribution >= 4 is 17.3 Å². The van der Waals surface area contributed by atoms with Crippen LogP contribution >= 0.6 is 11.6 Å². The van der Waals surface area contributed by atoms with E-state index >= 15 is 0 Å². The Morgan fingerprint density at radius 2 is 2.00 bits per heavy atom. The van der Waals surface area contributed by atoms with Crippen LogP contribution in [-0.2, 0) is 0 Å². The number of rotatable bonds is 5. The van der Waals surface area contributed by atoms with Gasteiger partial charge >= 0.3 is 0 Å². The van der Waals surface area contributed by atoms with Crippen LogP contribution in [0.5, 0.6) is 5.75 Å². The highest BCUT2D eigenvalue weighted by molar-refractivity contribution is 6.32. The lowest BCUT2D eigenvalue weighted by Crippen LogP contribution is -2.10. The van der Waals surface area contributed by atoms with Crippen LogP contribution in [0.1, 0.15) is 26.7 Å². The number of nitrogens with two attached hydrogens (primary N) is 1. The van der Waals surface area contributed by atoms with Crippen molar-refractivity contribution in [2.24, 2.45) is 5.92 Å². The third kappa shape index (κ3) is 3.63. The Morgan fingerprint density at radius 1 is 1.33 bits per heavy atom. The van der Waals surface area contributed by atoms with Gasteiger partial charge in [-0.3, -0.25) is 0 Å². The summed E-state index contributed by atoms with van der Waals surface area (Å²) in [5.74, 6) is 1.32. The number of ether oxygens (including phenoxy) is 1. The maximum absolute atomic E-state index is 5.99. The SMILES string of the molecule is CCC(CC)COc1ccc(N)cc1Cl. The molecule has 0 amide bonds. The first-order valence-electron chi connectivity index (χ1n) is 5.35. The average Bonchev–Trinajstić information content (AvgIpc) is 2.22. The molecule has 0 aliphatic carbocycles. The van der Waals surface area contributed by atoms with Crippen LogP contribution in [0.4, 0.5) is 5.69 Å². The molecule has 0 aliphatic rings. The fourth-order valence-electron chi connectivity index (χ4n) is 1.37. The Morgan fingerprint density at radius 3 is 2.53 bits per heavy atom. The largest absolute Gasteiger partial charge is 0.492 e. The molecule has 0 aromatic heterocycles. The molecule has 0 atom stereocenters. The minimum absolute atomic E-state index is 0.584. The minimum Gasteiger partial charge on any atom is -0.492 e. The van der Waals surface area contributed by atoms with E-state index in [1.807, 2.05) is 6.07 Å². The first kappa shape index (κ1) is 12.2. The lowest BCUT2D eigenvalue weighted by Gasteiger charge is -2.14. The van der Waals surface area contributed by atoms with E-state index in [-0.39, 0.29) is 0 Å². The summed E-state index contributed by atoms with van der Waals surface area (Å²) in [4.78, 5) is 0. The Hall–Kier alpha value is -0.890. The van der Waals surface area contributed by atoms with Crippen LogP contribution in [0.2, 0.25) is 5.02 Å². The normalized spacial score (nSPS) is 10.7. The minimum atomic E-state index is 0.584. The van der Waals surface area contributed by atoms with Gasteiger partial charge in [0, 0.05) is 5.69 Å². The molecule has 1 aromatic rings. The van der Waals surface area contributed by atoms with Crippen LogP contribution in [0, 0.1) is 5.92 Å². The predicted molar refractivity (Wildman–Crippen MR) is 65.4 cm³/mol. The van der Waals surface area contributed by atoms with Gasteiger partial charge in [0.25, 0.3) is 0 Å². The molecule has 0 heterocycles. The maximum Gasteiger partial charge on any atom is 0.138 e. The first-order chi connectivity index (χ1) is 7.17. The average molecular weight is 228 g/mol. The molecule has 3 heteroatoms. The van der Waals surface area contributed by atoms with Crippen molar-refractivity contribution in [2.45, 2.75) is 26.7 Å². The summed E-state index contributed by atoms with van der Waals surface area (Å²) >= 11 is 5.99. The van der Waals surface area contributed by atoms with Gasteiger partial charge in [0.1, 0.15) is 5.75 Å². The number of halogens is 1. The molecule has 0 saturated carbocycles. The van der Waals surface area contributed by atoms with Crippen molar-refractivity contribution in [1.82, 2.24) is 0 Å². The highest BCUT2D eigenvalue weighted by Crippen LogP contribution is 2.27. The zero-order valence-electron chi connectivity index (χ0n) is 9.29. The van der Waals surface area contributed by atoms with Crippen molar-refractivity contribution < 1.29 is 4.74 Å². The predicted octanol–water partition coefficient (Wildman–Crippen LogP) is 3.74. The van der Waals surface area contributed by atoms with Crippen LogP contribution in [0.15, 0.2) is 18.2 Å². The summed E-state index contributed by atoms with van der Waals surface area (Å²) in [6.07, 6.45) is 2.26. The Bertz CT molecular complexity index is 310. The molecule has 0 saturated heterocycles. The topological polar surface area (TPSA) is 35.2 Å². The van der Waals surface area contributed by atoms with Crippen LogP contribution < -0.4 is 10.5 Å². The van der Waals surface area contributed by atoms with Crippen molar-refractivity contribution in [1.29, 1.82) is 0 Å². The van der Waals surface area contributed by atoms with Gasteiger partial charge in [-0.1, -0.05) is 38.3 Å². The number of nitrogen functional groups attached to an aromatic ring is 1. The van der Waals surface area contributed by atoms with Crippen molar-refractivity contribution in [3.8, 4) is 5.75 Å². The van der Waals surface area contributed by atoms with Gasteiger partial charge in [0.15, 0.2) is 0 Å². The van der Waals surface area contributed by atoms with Gasteiger partial charge in [0.05, 0.1) is 11.6 Å². The van der Waals surface area contributed by atoms with E-state index in [2.05, 4.69) is 13.8 Å². The smallest absolute Gasteiger partial charge is 0.138 e. The lowest BCUT2D eigenvalue weighted by atomic mass is 10.1. The Balaban J connectivity index is 2.57. The summed E-state index contributed by atoms with van der Waals surface area (Å²) in [6, 6.07) is 5.33. The monoisotopic (exact) mass is 227 g/mol. The third-order valence-electron chi connectivity index (χ3n) is 2.59. The summed E-state index contributed by atoms with van der Waals surface area (Å²) in [6.45, 7) is 5.06. The molecule has 0 radical (unpaired) electrons. The molecule has 15 heavy (non-hydrogen) atoms. The van der Waals surface area contributed by atoms with Crippen LogP contribution in [-0.4, -0.2) is 6.61 Å². The van der Waals surface area contributed by atoms with Gasteiger partial charge in [-0.15, -0.1) is 0 Å². The molecule has 0 unspecified atom stereocenters. The van der Waals surface area contributed by atoms with Crippen molar-refractivity contribution in [3.63, 3.8) is 0 Å². The quantitative estimate of drug-likeness (QED) is 0.778. The Labute approximate surface area is 96.4 Å².